The molecule has 6 heteroatoms. The van der Waals surface area contributed by atoms with Gasteiger partial charge < -0.3 is 0 Å². The lowest BCUT2D eigenvalue weighted by Gasteiger charge is -2.13. The van der Waals surface area contributed by atoms with E-state index in [-0.39, 0.29) is 5.92 Å². The van der Waals surface area contributed by atoms with Crippen LogP contribution in [0.4, 0.5) is 0 Å². The molecule has 0 aliphatic heterocycles. The summed E-state index contributed by atoms with van der Waals surface area (Å²) in [6.45, 7) is 3.71. The molecular weight excluding hydrogens is 258 g/mol. The van der Waals surface area contributed by atoms with Gasteiger partial charge in [0, 0.05) is 17.7 Å². The van der Waals surface area contributed by atoms with E-state index in [0.29, 0.717) is 16.7 Å². The van der Waals surface area contributed by atoms with Crippen molar-refractivity contribution in [3.8, 4) is 6.19 Å². The Hall–Kier alpha value is -1.12. The van der Waals surface area contributed by atoms with Gasteiger partial charge in [-0.25, -0.2) is 9.19 Å². The summed E-state index contributed by atoms with van der Waals surface area (Å²) in [5, 5.41) is 8.96. The van der Waals surface area contributed by atoms with Crippen LogP contribution in [0.5, 0.6) is 0 Å². The van der Waals surface area contributed by atoms with Crippen LogP contribution in [-0.2, 0) is 9.73 Å². The van der Waals surface area contributed by atoms with Crippen molar-refractivity contribution >= 4 is 21.3 Å². The monoisotopic (exact) mass is 271 g/mol. The third-order valence-electron chi connectivity index (χ3n) is 2.49. The fourth-order valence-corrected chi connectivity index (χ4v) is 3.13. The number of halogens is 1. The first-order valence-corrected chi connectivity index (χ1v) is 7.46. The van der Waals surface area contributed by atoms with Crippen molar-refractivity contribution in [3.05, 3.63) is 29.0 Å². The van der Waals surface area contributed by atoms with E-state index in [2.05, 4.69) is 9.35 Å². The Balaban J connectivity index is 2.90. The summed E-state index contributed by atoms with van der Waals surface area (Å²) in [6, 6.07) is 3.55. The normalized spacial score (nSPS) is 15.6. The maximum atomic E-state index is 12.2. The van der Waals surface area contributed by atoms with Crippen molar-refractivity contribution < 1.29 is 4.21 Å². The van der Waals surface area contributed by atoms with Crippen LogP contribution in [0.25, 0.3) is 0 Å². The Kier molecular flexibility index (Phi) is 4.91. The molecular formula is C11H14ClN3OS. The average molecular weight is 272 g/mol. The van der Waals surface area contributed by atoms with Crippen LogP contribution < -0.4 is 0 Å². The standard InChI is InChI=1S/C11H14ClN3OS/c1-3-17(16,15-8-13)7-9(2)10-4-5-11(12)14-6-10/h4-6,9H,3,7H2,1-2H3/t9-,17-/m1/s1. The Morgan fingerprint density at radius 1 is 1.65 bits per heavy atom. The largest absolute Gasteiger partial charge is 0.249 e. The third kappa shape index (κ3) is 3.99. The maximum absolute atomic E-state index is 12.2. The van der Waals surface area contributed by atoms with Gasteiger partial charge >= 0.3 is 0 Å². The smallest absolute Gasteiger partial charge is 0.214 e. The predicted molar refractivity (Wildman–Crippen MR) is 69.3 cm³/mol. The molecule has 2 atom stereocenters. The van der Waals surface area contributed by atoms with Crippen molar-refractivity contribution in [1.82, 2.24) is 4.98 Å². The van der Waals surface area contributed by atoms with E-state index in [9.17, 15) is 4.21 Å². The van der Waals surface area contributed by atoms with Gasteiger partial charge in [-0.3, -0.25) is 0 Å². The molecule has 0 amide bonds. The minimum Gasteiger partial charge on any atom is -0.249 e. The minimum absolute atomic E-state index is 0.0318. The van der Waals surface area contributed by atoms with E-state index in [1.54, 1.807) is 25.4 Å². The highest BCUT2D eigenvalue weighted by Crippen LogP contribution is 2.19. The average Bonchev–Trinajstić information content (AvgIpc) is 2.30. The molecule has 0 radical (unpaired) electrons. The molecule has 1 rings (SSSR count). The highest BCUT2D eigenvalue weighted by atomic mass is 35.5. The first-order valence-electron chi connectivity index (χ1n) is 5.23. The van der Waals surface area contributed by atoms with Gasteiger partial charge in [0.15, 0.2) is 0 Å². The second-order valence-corrected chi connectivity index (χ2v) is 6.76. The fourth-order valence-electron chi connectivity index (χ4n) is 1.46. The van der Waals surface area contributed by atoms with Crippen LogP contribution in [0.1, 0.15) is 25.3 Å². The van der Waals surface area contributed by atoms with Gasteiger partial charge in [0.05, 0.1) is 9.73 Å². The van der Waals surface area contributed by atoms with E-state index in [4.69, 9.17) is 16.9 Å². The predicted octanol–water partition coefficient (Wildman–Crippen LogP) is 2.81. The van der Waals surface area contributed by atoms with Crippen LogP contribution >= 0.6 is 11.6 Å². The van der Waals surface area contributed by atoms with E-state index in [1.807, 2.05) is 13.0 Å². The van der Waals surface area contributed by atoms with Crippen molar-refractivity contribution in [2.75, 3.05) is 11.5 Å². The molecule has 0 N–H and O–H groups in total. The molecule has 92 valence electrons. The number of nitriles is 1. The Labute approximate surface area is 107 Å². The second kappa shape index (κ2) is 5.99. The molecule has 0 aliphatic carbocycles. The molecule has 17 heavy (non-hydrogen) atoms. The molecule has 0 saturated heterocycles. The van der Waals surface area contributed by atoms with Gasteiger partial charge in [0.1, 0.15) is 5.15 Å². The number of hydrogen-bond donors (Lipinski definition) is 0. The lowest BCUT2D eigenvalue weighted by Crippen LogP contribution is -2.14. The van der Waals surface area contributed by atoms with Crippen LogP contribution in [0.2, 0.25) is 5.15 Å². The van der Waals surface area contributed by atoms with Crippen LogP contribution in [-0.4, -0.2) is 20.7 Å². The SMILES string of the molecule is CC[S@@](=O)(C[C@@H](C)c1ccc(Cl)nc1)=NC#N. The minimum atomic E-state index is -2.43. The Morgan fingerprint density at radius 2 is 2.35 bits per heavy atom. The van der Waals surface area contributed by atoms with Crippen LogP contribution in [0, 0.1) is 11.5 Å². The highest BCUT2D eigenvalue weighted by molar-refractivity contribution is 7.93. The number of pyridine rings is 1. The first-order chi connectivity index (χ1) is 8.00. The lowest BCUT2D eigenvalue weighted by atomic mass is 10.1. The number of nitrogens with zero attached hydrogens (tertiary/aromatic N) is 3. The molecule has 0 unspecified atom stereocenters. The van der Waals surface area contributed by atoms with Crippen LogP contribution in [0.3, 0.4) is 0 Å². The molecule has 1 heterocycles. The van der Waals surface area contributed by atoms with Crippen molar-refractivity contribution in [2.45, 2.75) is 19.8 Å². The van der Waals surface area contributed by atoms with Gasteiger partial charge in [-0.1, -0.05) is 31.5 Å². The summed E-state index contributed by atoms with van der Waals surface area (Å²) in [5.74, 6) is 0.774. The summed E-state index contributed by atoms with van der Waals surface area (Å²) in [5.41, 5.74) is 0.948. The second-order valence-electron chi connectivity index (χ2n) is 3.73. The number of rotatable bonds is 4. The summed E-state index contributed by atoms with van der Waals surface area (Å²) >= 11 is 5.70. The zero-order valence-electron chi connectivity index (χ0n) is 9.76. The van der Waals surface area contributed by atoms with Gasteiger partial charge in [-0.15, -0.1) is 4.36 Å². The number of hydrogen-bond acceptors (Lipinski definition) is 4. The van der Waals surface area contributed by atoms with Gasteiger partial charge in [-0.05, 0) is 17.5 Å². The summed E-state index contributed by atoms with van der Waals surface area (Å²) in [4.78, 5) is 3.98. The van der Waals surface area contributed by atoms with Crippen molar-refractivity contribution in [2.24, 2.45) is 4.36 Å². The van der Waals surface area contributed by atoms with Gasteiger partial charge in [-0.2, -0.15) is 5.26 Å². The molecule has 1 aromatic rings. The highest BCUT2D eigenvalue weighted by Gasteiger charge is 2.14. The number of aromatic nitrogens is 1. The molecule has 0 aliphatic rings. The Bertz CT molecular complexity index is 527. The molecule has 0 fully saturated rings. The summed E-state index contributed by atoms with van der Waals surface area (Å²) < 4.78 is 15.7. The van der Waals surface area contributed by atoms with E-state index >= 15 is 0 Å². The maximum Gasteiger partial charge on any atom is 0.214 e. The summed E-state index contributed by atoms with van der Waals surface area (Å²) in [7, 11) is -2.43. The fraction of sp³-hybridized carbons (Fsp3) is 0.455. The van der Waals surface area contributed by atoms with Gasteiger partial charge in [0.2, 0.25) is 6.19 Å². The molecule has 0 saturated carbocycles. The zero-order valence-corrected chi connectivity index (χ0v) is 11.3. The molecule has 0 bridgehead atoms. The third-order valence-corrected chi connectivity index (χ3v) is 5.05. The molecule has 1 aromatic heterocycles. The van der Waals surface area contributed by atoms with Crippen LogP contribution in [0.15, 0.2) is 22.7 Å². The lowest BCUT2D eigenvalue weighted by molar-refractivity contribution is 0.671. The van der Waals surface area contributed by atoms with Crippen molar-refractivity contribution in [3.63, 3.8) is 0 Å². The first kappa shape index (κ1) is 13.9. The quantitative estimate of drug-likeness (QED) is 0.625. The summed E-state index contributed by atoms with van der Waals surface area (Å²) in [6.07, 6.45) is 3.30. The zero-order chi connectivity index (χ0) is 12.9. The van der Waals surface area contributed by atoms with E-state index in [0.717, 1.165) is 5.56 Å². The topological polar surface area (TPSA) is 66.1 Å². The van der Waals surface area contributed by atoms with E-state index in [1.165, 1.54) is 0 Å². The van der Waals surface area contributed by atoms with Crippen molar-refractivity contribution in [1.29, 1.82) is 5.26 Å². The molecule has 0 aromatic carbocycles. The molecule has 4 nitrogen and oxygen atoms in total. The van der Waals surface area contributed by atoms with E-state index < -0.39 is 9.73 Å². The molecule has 0 spiro atoms. The van der Waals surface area contributed by atoms with Gasteiger partial charge in [0.25, 0.3) is 0 Å². The Morgan fingerprint density at radius 3 is 2.82 bits per heavy atom.